The standard InChI is InChI=1S/C17H18ClN5OS/c1-22-9-13(19-10-22)16(24)20-11-4-3-7-23(8-11)17-21-15-12(18)5-2-6-14(15)25-17/h2,5-6,9-11H,3-4,7-8H2,1H3,(H,20,24). The Labute approximate surface area is 154 Å². The van der Waals surface area contributed by atoms with Crippen LogP contribution in [-0.2, 0) is 7.05 Å². The van der Waals surface area contributed by atoms with Gasteiger partial charge in [0.1, 0.15) is 11.2 Å². The lowest BCUT2D eigenvalue weighted by atomic mass is 10.1. The molecule has 1 N–H and O–H groups in total. The van der Waals surface area contributed by atoms with E-state index in [1.807, 2.05) is 25.2 Å². The second-order valence-corrected chi connectivity index (χ2v) is 7.68. The number of benzene rings is 1. The summed E-state index contributed by atoms with van der Waals surface area (Å²) >= 11 is 7.88. The van der Waals surface area contributed by atoms with Crippen molar-refractivity contribution in [2.24, 2.45) is 7.05 Å². The molecule has 0 bridgehead atoms. The molecule has 1 saturated heterocycles. The van der Waals surface area contributed by atoms with Gasteiger partial charge in [0, 0.05) is 32.4 Å². The summed E-state index contributed by atoms with van der Waals surface area (Å²) in [5.74, 6) is -0.125. The number of hydrogen-bond donors (Lipinski definition) is 1. The van der Waals surface area contributed by atoms with Gasteiger partial charge in [0.2, 0.25) is 0 Å². The molecular weight excluding hydrogens is 358 g/mol. The van der Waals surface area contributed by atoms with Crippen molar-refractivity contribution in [1.29, 1.82) is 0 Å². The highest BCUT2D eigenvalue weighted by Gasteiger charge is 2.24. The molecule has 25 heavy (non-hydrogen) atoms. The van der Waals surface area contributed by atoms with Gasteiger partial charge in [0.25, 0.3) is 5.91 Å². The Morgan fingerprint density at radius 3 is 3.08 bits per heavy atom. The van der Waals surface area contributed by atoms with Crippen LogP contribution in [0.3, 0.4) is 0 Å². The number of aryl methyl sites for hydroxylation is 1. The first-order valence-electron chi connectivity index (χ1n) is 8.19. The maximum Gasteiger partial charge on any atom is 0.271 e. The summed E-state index contributed by atoms with van der Waals surface area (Å²) in [6.45, 7) is 1.68. The van der Waals surface area contributed by atoms with Crippen LogP contribution in [0.2, 0.25) is 5.02 Å². The van der Waals surface area contributed by atoms with Crippen LogP contribution in [0.4, 0.5) is 5.13 Å². The molecule has 1 aromatic carbocycles. The van der Waals surface area contributed by atoms with Crippen LogP contribution in [0.5, 0.6) is 0 Å². The first-order chi connectivity index (χ1) is 12.1. The van der Waals surface area contributed by atoms with E-state index in [9.17, 15) is 4.79 Å². The quantitative estimate of drug-likeness (QED) is 0.764. The maximum atomic E-state index is 12.3. The van der Waals surface area contributed by atoms with E-state index < -0.39 is 0 Å². The number of amides is 1. The molecule has 1 fully saturated rings. The number of carbonyl (C=O) groups excluding carboxylic acids is 1. The van der Waals surface area contributed by atoms with Gasteiger partial charge in [-0.2, -0.15) is 0 Å². The molecule has 0 spiro atoms. The fraction of sp³-hybridized carbons (Fsp3) is 0.353. The minimum absolute atomic E-state index is 0.0886. The number of hydrogen-bond acceptors (Lipinski definition) is 5. The summed E-state index contributed by atoms with van der Waals surface area (Å²) in [5, 5.41) is 4.72. The molecule has 3 aromatic rings. The Morgan fingerprint density at radius 2 is 2.32 bits per heavy atom. The van der Waals surface area contributed by atoms with E-state index in [1.54, 1.807) is 28.4 Å². The van der Waals surface area contributed by atoms with Crippen molar-refractivity contribution in [2.45, 2.75) is 18.9 Å². The number of rotatable bonds is 3. The van der Waals surface area contributed by atoms with Gasteiger partial charge in [-0.25, -0.2) is 9.97 Å². The summed E-state index contributed by atoms with van der Waals surface area (Å²) in [6.07, 6.45) is 5.33. The highest BCUT2D eigenvalue weighted by atomic mass is 35.5. The minimum atomic E-state index is -0.125. The average molecular weight is 376 g/mol. The highest BCUT2D eigenvalue weighted by Crippen LogP contribution is 2.33. The molecule has 4 rings (SSSR count). The number of carbonyl (C=O) groups is 1. The lowest BCUT2D eigenvalue weighted by Gasteiger charge is -2.32. The van der Waals surface area contributed by atoms with Crippen molar-refractivity contribution in [2.75, 3.05) is 18.0 Å². The number of imidazole rings is 1. The average Bonchev–Trinajstić information content (AvgIpc) is 3.22. The maximum absolute atomic E-state index is 12.3. The number of nitrogens with zero attached hydrogens (tertiary/aromatic N) is 4. The molecule has 0 saturated carbocycles. The van der Waals surface area contributed by atoms with Gasteiger partial charge in [-0.05, 0) is 25.0 Å². The van der Waals surface area contributed by atoms with Crippen LogP contribution in [0, 0.1) is 0 Å². The van der Waals surface area contributed by atoms with Crippen LogP contribution >= 0.6 is 22.9 Å². The van der Waals surface area contributed by atoms with Gasteiger partial charge in [-0.3, -0.25) is 4.79 Å². The lowest BCUT2D eigenvalue weighted by molar-refractivity contribution is 0.0928. The van der Waals surface area contributed by atoms with Gasteiger partial charge in [0.15, 0.2) is 5.13 Å². The molecule has 0 aliphatic carbocycles. The van der Waals surface area contributed by atoms with Crippen molar-refractivity contribution >= 4 is 44.2 Å². The third kappa shape index (κ3) is 3.34. The van der Waals surface area contributed by atoms with E-state index in [4.69, 9.17) is 16.6 Å². The van der Waals surface area contributed by atoms with E-state index >= 15 is 0 Å². The number of thiazole rings is 1. The molecule has 1 atom stereocenters. The van der Waals surface area contributed by atoms with Crippen LogP contribution in [0.25, 0.3) is 10.2 Å². The summed E-state index contributed by atoms with van der Waals surface area (Å²) in [5.41, 5.74) is 1.30. The van der Waals surface area contributed by atoms with E-state index in [1.165, 1.54) is 0 Å². The first kappa shape index (κ1) is 16.4. The third-order valence-electron chi connectivity index (χ3n) is 4.32. The Morgan fingerprint density at radius 1 is 1.44 bits per heavy atom. The second kappa shape index (κ2) is 6.65. The molecule has 8 heteroatoms. The van der Waals surface area contributed by atoms with Crippen LogP contribution in [-0.4, -0.2) is 39.6 Å². The van der Waals surface area contributed by atoms with Gasteiger partial charge in [-0.15, -0.1) is 0 Å². The van der Waals surface area contributed by atoms with Crippen molar-refractivity contribution in [3.05, 3.63) is 41.4 Å². The summed E-state index contributed by atoms with van der Waals surface area (Å²) in [4.78, 5) is 23.4. The SMILES string of the molecule is Cn1cnc(C(=O)NC2CCCN(c3nc4c(Cl)cccc4s3)C2)c1. The molecule has 1 unspecified atom stereocenters. The summed E-state index contributed by atoms with van der Waals surface area (Å²) < 4.78 is 2.86. The van der Waals surface area contributed by atoms with Crippen LogP contribution in [0.1, 0.15) is 23.3 Å². The Bertz CT molecular complexity index is 921. The molecule has 2 aromatic heterocycles. The first-order valence-corrected chi connectivity index (χ1v) is 9.38. The molecule has 3 heterocycles. The predicted molar refractivity (Wildman–Crippen MR) is 101 cm³/mol. The normalized spacial score (nSPS) is 17.8. The zero-order chi connectivity index (χ0) is 17.4. The number of halogens is 1. The van der Waals surface area contributed by atoms with Crippen LogP contribution < -0.4 is 10.2 Å². The fourth-order valence-corrected chi connectivity index (χ4v) is 4.40. The van der Waals surface area contributed by atoms with Crippen molar-refractivity contribution in [1.82, 2.24) is 19.9 Å². The molecule has 1 aliphatic rings. The van der Waals surface area contributed by atoms with E-state index in [2.05, 4.69) is 15.2 Å². The van der Waals surface area contributed by atoms with Gasteiger partial charge < -0.3 is 14.8 Å². The number of para-hydroxylation sites is 1. The van der Waals surface area contributed by atoms with Crippen molar-refractivity contribution in [3.63, 3.8) is 0 Å². The summed E-state index contributed by atoms with van der Waals surface area (Å²) in [6, 6.07) is 5.93. The topological polar surface area (TPSA) is 63.1 Å². The zero-order valence-electron chi connectivity index (χ0n) is 13.8. The smallest absolute Gasteiger partial charge is 0.271 e. The van der Waals surface area contributed by atoms with Crippen molar-refractivity contribution < 1.29 is 4.79 Å². The number of fused-ring (bicyclic) bond motifs is 1. The van der Waals surface area contributed by atoms with Gasteiger partial charge >= 0.3 is 0 Å². The van der Waals surface area contributed by atoms with E-state index in [0.29, 0.717) is 10.7 Å². The van der Waals surface area contributed by atoms with Gasteiger partial charge in [-0.1, -0.05) is 29.0 Å². The second-order valence-electron chi connectivity index (χ2n) is 6.27. The number of aromatic nitrogens is 3. The molecule has 1 amide bonds. The number of piperidine rings is 1. The van der Waals surface area contributed by atoms with Gasteiger partial charge in [0.05, 0.1) is 16.0 Å². The Hall–Kier alpha value is -2.12. The molecule has 6 nitrogen and oxygen atoms in total. The number of anilines is 1. The van der Waals surface area contributed by atoms with Crippen molar-refractivity contribution in [3.8, 4) is 0 Å². The van der Waals surface area contributed by atoms with Crippen LogP contribution in [0.15, 0.2) is 30.7 Å². The fourth-order valence-electron chi connectivity index (χ4n) is 3.10. The largest absolute Gasteiger partial charge is 0.346 e. The predicted octanol–water partition coefficient (Wildman–Crippen LogP) is 3.08. The Balaban J connectivity index is 1.48. The zero-order valence-corrected chi connectivity index (χ0v) is 15.3. The lowest BCUT2D eigenvalue weighted by Crippen LogP contribution is -2.47. The number of nitrogens with one attached hydrogen (secondary N) is 1. The highest BCUT2D eigenvalue weighted by molar-refractivity contribution is 7.22. The third-order valence-corrected chi connectivity index (χ3v) is 5.71. The molecular formula is C17H18ClN5OS. The molecule has 130 valence electrons. The summed E-state index contributed by atoms with van der Waals surface area (Å²) in [7, 11) is 1.85. The monoisotopic (exact) mass is 375 g/mol. The molecule has 0 radical (unpaired) electrons. The molecule has 1 aliphatic heterocycles. The van der Waals surface area contributed by atoms with E-state index in [0.717, 1.165) is 41.3 Å². The minimum Gasteiger partial charge on any atom is -0.346 e. The Kier molecular flexibility index (Phi) is 4.35. The van der Waals surface area contributed by atoms with E-state index in [-0.39, 0.29) is 11.9 Å².